The van der Waals surface area contributed by atoms with Crippen LogP contribution in [0.5, 0.6) is 0 Å². The van der Waals surface area contributed by atoms with E-state index in [1.807, 2.05) is 0 Å². The number of amides is 1. The lowest BCUT2D eigenvalue weighted by Crippen LogP contribution is -2.23. The van der Waals surface area contributed by atoms with Gasteiger partial charge in [0, 0.05) is 28.0 Å². The van der Waals surface area contributed by atoms with Gasteiger partial charge in [0.2, 0.25) is 5.13 Å². The summed E-state index contributed by atoms with van der Waals surface area (Å²) in [6, 6.07) is 14.3. The van der Waals surface area contributed by atoms with Crippen molar-refractivity contribution in [3.63, 3.8) is 0 Å². The normalized spacial score (nSPS) is 23.3. The van der Waals surface area contributed by atoms with Crippen LogP contribution in [0.25, 0.3) is 0 Å². The molecule has 0 bridgehead atoms. The quantitative estimate of drug-likeness (QED) is 0.242. The number of nitrogens with one attached hydrogen (secondary N) is 2. The van der Waals surface area contributed by atoms with Crippen molar-refractivity contribution in [2.45, 2.75) is 11.0 Å². The van der Waals surface area contributed by atoms with Crippen LogP contribution in [-0.4, -0.2) is 23.9 Å². The molecule has 3 atom stereocenters. The molecule has 176 valence electrons. The topological polar surface area (TPSA) is 58.2 Å². The summed E-state index contributed by atoms with van der Waals surface area (Å²) >= 11 is 24.3. The summed E-state index contributed by atoms with van der Waals surface area (Å²) in [5.74, 6) is -1.94. The van der Waals surface area contributed by atoms with Crippen LogP contribution in [0.15, 0.2) is 60.7 Å². The fraction of sp³-hybridized carbons (Fsp3) is 0.167. The molecule has 0 aromatic heterocycles. The van der Waals surface area contributed by atoms with Gasteiger partial charge in [-0.05, 0) is 66.2 Å². The first-order valence-electron chi connectivity index (χ1n) is 9.98. The fourth-order valence-electron chi connectivity index (χ4n) is 3.92. The molecule has 4 nitrogen and oxygen atoms in total. The lowest BCUT2D eigenvalue weighted by molar-refractivity contribution is -0.112. The van der Waals surface area contributed by atoms with Crippen molar-refractivity contribution in [2.24, 2.45) is 5.41 Å². The molecule has 0 radical (unpaired) electrons. The van der Waals surface area contributed by atoms with Crippen molar-refractivity contribution in [1.82, 2.24) is 0 Å². The molecule has 34 heavy (non-hydrogen) atoms. The van der Waals surface area contributed by atoms with E-state index in [1.54, 1.807) is 6.07 Å². The molecular weight excluding hydrogens is 528 g/mol. The van der Waals surface area contributed by atoms with Crippen LogP contribution < -0.4 is 10.6 Å². The molecule has 0 aliphatic heterocycles. The summed E-state index contributed by atoms with van der Waals surface area (Å²) in [4.78, 5) is 24.7. The Morgan fingerprint density at radius 2 is 1.59 bits per heavy atom. The summed E-state index contributed by atoms with van der Waals surface area (Å²) in [6.07, 6.45) is 0.477. The highest BCUT2D eigenvalue weighted by molar-refractivity contribution is 6.35. The number of rotatable bonds is 7. The predicted molar refractivity (Wildman–Crippen MR) is 132 cm³/mol. The van der Waals surface area contributed by atoms with Crippen LogP contribution in [0.4, 0.5) is 20.2 Å². The molecular formula is C24H16Cl4F2N2O2. The first kappa shape index (κ1) is 24.7. The standard InChI is InChI=1S/C24H16Cl4F2N2O2/c25-14-7-13(8-15(26)9-14)21-23(12-33,24(21,28)30)11-31-18-5-6-20(27)19(10-18)22(34)32-17-3-1-16(29)2-4-17/h1-10,12,21,31H,11H2,(H,32,34). The molecule has 4 rings (SSSR count). The van der Waals surface area contributed by atoms with Crippen molar-refractivity contribution in [3.8, 4) is 0 Å². The second kappa shape index (κ2) is 9.34. The minimum absolute atomic E-state index is 0.127. The van der Waals surface area contributed by atoms with Gasteiger partial charge in [-0.1, -0.05) is 46.4 Å². The fourth-order valence-corrected chi connectivity index (χ4v) is 5.16. The first-order chi connectivity index (χ1) is 16.1. The highest BCUT2D eigenvalue weighted by Gasteiger charge is 2.79. The van der Waals surface area contributed by atoms with Gasteiger partial charge in [0.15, 0.2) is 0 Å². The van der Waals surface area contributed by atoms with E-state index in [-0.39, 0.29) is 17.1 Å². The third kappa shape index (κ3) is 4.60. The Labute approximate surface area is 214 Å². The van der Waals surface area contributed by atoms with Crippen LogP contribution >= 0.6 is 46.4 Å². The SMILES string of the molecule is O=CC1(CNc2ccc(Cl)c(C(=O)Nc3ccc(F)cc3)c2)C(c2cc(Cl)cc(Cl)c2)C1(F)Cl. The van der Waals surface area contributed by atoms with Crippen molar-refractivity contribution in [1.29, 1.82) is 0 Å². The molecule has 1 amide bonds. The molecule has 0 spiro atoms. The van der Waals surface area contributed by atoms with E-state index < -0.39 is 28.2 Å². The number of carbonyl (C=O) groups excluding carboxylic acids is 2. The Kier molecular flexibility index (Phi) is 6.80. The van der Waals surface area contributed by atoms with Crippen LogP contribution in [0.2, 0.25) is 15.1 Å². The van der Waals surface area contributed by atoms with E-state index in [1.165, 1.54) is 54.6 Å². The average Bonchev–Trinajstić information content (AvgIpc) is 3.28. The smallest absolute Gasteiger partial charge is 0.257 e. The van der Waals surface area contributed by atoms with E-state index >= 15 is 4.39 Å². The number of anilines is 2. The Morgan fingerprint density at radius 3 is 2.21 bits per heavy atom. The number of hydrogen-bond donors (Lipinski definition) is 2. The van der Waals surface area contributed by atoms with Crippen molar-refractivity contribution in [2.75, 3.05) is 17.2 Å². The minimum atomic E-state index is -2.36. The van der Waals surface area contributed by atoms with E-state index in [2.05, 4.69) is 10.6 Å². The van der Waals surface area contributed by atoms with E-state index in [0.717, 1.165) is 0 Å². The predicted octanol–water partition coefficient (Wildman–Crippen LogP) is 7.34. The monoisotopic (exact) mass is 542 g/mol. The van der Waals surface area contributed by atoms with E-state index in [4.69, 9.17) is 46.4 Å². The number of halogens is 6. The summed E-state index contributed by atoms with van der Waals surface area (Å²) in [5, 5.41) is 3.99. The van der Waals surface area contributed by atoms with Crippen molar-refractivity contribution >= 4 is 70.0 Å². The molecule has 1 aliphatic rings. The van der Waals surface area contributed by atoms with Gasteiger partial charge < -0.3 is 15.4 Å². The van der Waals surface area contributed by atoms with Gasteiger partial charge in [-0.25, -0.2) is 8.78 Å². The zero-order valence-corrected chi connectivity index (χ0v) is 20.2. The van der Waals surface area contributed by atoms with Gasteiger partial charge in [0.25, 0.3) is 5.91 Å². The van der Waals surface area contributed by atoms with Crippen LogP contribution in [0.3, 0.4) is 0 Å². The van der Waals surface area contributed by atoms with Crippen molar-refractivity contribution in [3.05, 3.63) is 92.7 Å². The summed E-state index contributed by atoms with van der Waals surface area (Å²) in [6.45, 7) is -0.161. The lowest BCUT2D eigenvalue weighted by atomic mass is 10.00. The summed E-state index contributed by atoms with van der Waals surface area (Å²) in [7, 11) is 0. The molecule has 3 aromatic carbocycles. The number of hydrogen-bond acceptors (Lipinski definition) is 3. The van der Waals surface area contributed by atoms with Gasteiger partial charge in [-0.15, -0.1) is 0 Å². The molecule has 1 aliphatic carbocycles. The Bertz CT molecular complexity index is 1250. The third-order valence-corrected chi connectivity index (χ3v) is 7.08. The average molecular weight is 544 g/mol. The van der Waals surface area contributed by atoms with Crippen LogP contribution in [0.1, 0.15) is 21.8 Å². The molecule has 1 saturated carbocycles. The second-order valence-electron chi connectivity index (χ2n) is 7.93. The maximum Gasteiger partial charge on any atom is 0.257 e. The number of aldehydes is 1. The van der Waals surface area contributed by atoms with Crippen LogP contribution in [0, 0.1) is 11.2 Å². The zero-order chi connectivity index (χ0) is 24.7. The molecule has 3 unspecified atom stereocenters. The molecule has 10 heteroatoms. The molecule has 1 fully saturated rings. The highest BCUT2D eigenvalue weighted by atomic mass is 35.5. The maximum absolute atomic E-state index is 15.3. The van der Waals surface area contributed by atoms with Gasteiger partial charge in [0.05, 0.1) is 16.5 Å². The number of benzene rings is 3. The Morgan fingerprint density at radius 1 is 0.971 bits per heavy atom. The maximum atomic E-state index is 15.3. The lowest BCUT2D eigenvalue weighted by Gasteiger charge is -2.15. The zero-order valence-electron chi connectivity index (χ0n) is 17.2. The summed E-state index contributed by atoms with van der Waals surface area (Å²) < 4.78 is 28.4. The van der Waals surface area contributed by atoms with Gasteiger partial charge in [-0.2, -0.15) is 0 Å². The molecule has 2 N–H and O–H groups in total. The van der Waals surface area contributed by atoms with Crippen molar-refractivity contribution < 1.29 is 18.4 Å². The summed E-state index contributed by atoms with van der Waals surface area (Å²) in [5.41, 5.74) is -0.260. The first-order valence-corrected chi connectivity index (χ1v) is 11.5. The second-order valence-corrected chi connectivity index (χ2v) is 9.76. The largest absolute Gasteiger partial charge is 0.384 e. The number of carbonyl (C=O) groups is 2. The minimum Gasteiger partial charge on any atom is -0.384 e. The molecule has 3 aromatic rings. The van der Waals surface area contributed by atoms with Gasteiger partial charge in [-0.3, -0.25) is 4.79 Å². The van der Waals surface area contributed by atoms with Gasteiger partial charge >= 0.3 is 0 Å². The molecule has 0 heterocycles. The van der Waals surface area contributed by atoms with Crippen LogP contribution in [-0.2, 0) is 4.79 Å². The van der Waals surface area contributed by atoms with Gasteiger partial charge in [0.1, 0.15) is 17.5 Å². The Hall–Kier alpha value is -2.38. The van der Waals surface area contributed by atoms with E-state index in [9.17, 15) is 14.0 Å². The molecule has 0 saturated heterocycles. The third-order valence-electron chi connectivity index (χ3n) is 5.74. The van der Waals surface area contributed by atoms with E-state index in [0.29, 0.717) is 33.3 Å². The number of alkyl halides is 2. The Balaban J connectivity index is 1.53. The highest BCUT2D eigenvalue weighted by Crippen LogP contribution is 2.71.